The van der Waals surface area contributed by atoms with Crippen LogP contribution in [0.3, 0.4) is 0 Å². The molecule has 1 aliphatic heterocycles. The van der Waals surface area contributed by atoms with E-state index in [9.17, 15) is 4.79 Å². The number of rotatable bonds is 4. The topological polar surface area (TPSA) is 35.5 Å². The molecule has 1 unspecified atom stereocenters. The summed E-state index contributed by atoms with van der Waals surface area (Å²) in [4.78, 5) is 13.2. The molecule has 2 aromatic carbocycles. The Morgan fingerprint density at radius 3 is 2.62 bits per heavy atom. The Morgan fingerprint density at radius 1 is 1.08 bits per heavy atom. The van der Waals surface area contributed by atoms with E-state index in [4.69, 9.17) is 9.47 Å². The van der Waals surface area contributed by atoms with Crippen LogP contribution in [-0.4, -0.2) is 11.4 Å². The number of carbonyl (C=O) groups excluding carboxylic acids is 1. The van der Waals surface area contributed by atoms with E-state index in [0.717, 1.165) is 35.3 Å². The van der Waals surface area contributed by atoms with E-state index in [1.165, 1.54) is 19.3 Å². The van der Waals surface area contributed by atoms with Gasteiger partial charge >= 0.3 is 0 Å². The fraction of sp³-hybridized carbons (Fsp3) is 0.435. The van der Waals surface area contributed by atoms with Gasteiger partial charge in [0.2, 0.25) is 0 Å². The fourth-order valence-electron chi connectivity index (χ4n) is 4.26. The standard InChI is InChI=1S/C23H26O3/c1-23(19-10-6-3-7-11-19)22(24)21-13-12-20(14-18(21)16-26-23)25-15-17-8-4-2-5-9-17/h2,4-5,8-9,12-14,19H,3,6-7,10-11,15-16H2,1H3. The minimum absolute atomic E-state index is 0.139. The molecule has 0 radical (unpaired) electrons. The summed E-state index contributed by atoms with van der Waals surface area (Å²) in [5, 5.41) is 0. The third kappa shape index (κ3) is 3.28. The van der Waals surface area contributed by atoms with Gasteiger partial charge in [0.15, 0.2) is 5.78 Å². The smallest absolute Gasteiger partial charge is 0.194 e. The van der Waals surface area contributed by atoms with Gasteiger partial charge in [0.1, 0.15) is 18.0 Å². The molecule has 1 atom stereocenters. The van der Waals surface area contributed by atoms with Gasteiger partial charge in [0.05, 0.1) is 6.61 Å². The predicted octanol–water partition coefficient (Wildman–Crippen LogP) is 5.32. The lowest BCUT2D eigenvalue weighted by Crippen LogP contribution is -2.49. The summed E-state index contributed by atoms with van der Waals surface area (Å²) in [7, 11) is 0. The second-order valence-electron chi connectivity index (χ2n) is 7.65. The summed E-state index contributed by atoms with van der Waals surface area (Å²) >= 11 is 0. The average Bonchev–Trinajstić information content (AvgIpc) is 2.71. The highest BCUT2D eigenvalue weighted by molar-refractivity contribution is 6.04. The van der Waals surface area contributed by atoms with Crippen molar-refractivity contribution in [2.45, 2.75) is 57.8 Å². The molecule has 3 heteroatoms. The molecule has 4 rings (SSSR count). The molecule has 2 aromatic rings. The van der Waals surface area contributed by atoms with Gasteiger partial charge < -0.3 is 9.47 Å². The third-order valence-corrected chi connectivity index (χ3v) is 5.93. The molecule has 0 spiro atoms. The zero-order valence-corrected chi connectivity index (χ0v) is 15.4. The molecule has 2 aliphatic rings. The van der Waals surface area contributed by atoms with E-state index in [-0.39, 0.29) is 5.78 Å². The Labute approximate surface area is 155 Å². The average molecular weight is 350 g/mol. The van der Waals surface area contributed by atoms with Crippen LogP contribution in [-0.2, 0) is 18.0 Å². The largest absolute Gasteiger partial charge is 0.489 e. The summed E-state index contributed by atoms with van der Waals surface area (Å²) in [6.07, 6.45) is 5.87. The Bertz CT molecular complexity index is 777. The van der Waals surface area contributed by atoms with Crippen molar-refractivity contribution < 1.29 is 14.3 Å². The van der Waals surface area contributed by atoms with Crippen molar-refractivity contribution in [3.63, 3.8) is 0 Å². The Morgan fingerprint density at radius 2 is 1.85 bits per heavy atom. The summed E-state index contributed by atoms with van der Waals surface area (Å²) in [5.74, 6) is 1.26. The highest BCUT2D eigenvalue weighted by atomic mass is 16.5. The van der Waals surface area contributed by atoms with Gasteiger partial charge in [0.25, 0.3) is 0 Å². The number of fused-ring (bicyclic) bond motifs is 1. The van der Waals surface area contributed by atoms with Gasteiger partial charge in [-0.25, -0.2) is 0 Å². The second kappa shape index (κ2) is 7.24. The number of carbonyl (C=O) groups is 1. The number of Topliss-reactive ketones (excluding diaryl/α,β-unsaturated/α-hetero) is 1. The summed E-state index contributed by atoms with van der Waals surface area (Å²) in [6.45, 7) is 3.00. The quantitative estimate of drug-likeness (QED) is 0.749. The Hall–Kier alpha value is -2.13. The number of benzene rings is 2. The van der Waals surface area contributed by atoms with Crippen molar-refractivity contribution in [2.24, 2.45) is 5.92 Å². The first-order chi connectivity index (χ1) is 12.7. The van der Waals surface area contributed by atoms with E-state index in [2.05, 4.69) is 0 Å². The highest BCUT2D eigenvalue weighted by Crippen LogP contribution is 2.41. The van der Waals surface area contributed by atoms with Crippen LogP contribution in [0, 0.1) is 5.92 Å². The maximum atomic E-state index is 13.2. The first-order valence-electron chi connectivity index (χ1n) is 9.65. The molecule has 1 saturated carbocycles. The molecule has 3 nitrogen and oxygen atoms in total. The zero-order chi connectivity index (χ0) is 18.0. The maximum absolute atomic E-state index is 13.2. The second-order valence-corrected chi connectivity index (χ2v) is 7.65. The predicted molar refractivity (Wildman–Crippen MR) is 101 cm³/mol. The van der Waals surface area contributed by atoms with Crippen LogP contribution in [0.15, 0.2) is 48.5 Å². The molecule has 26 heavy (non-hydrogen) atoms. The monoisotopic (exact) mass is 350 g/mol. The van der Waals surface area contributed by atoms with Crippen LogP contribution in [0.2, 0.25) is 0 Å². The SMILES string of the molecule is CC1(C2CCCCC2)OCc2cc(OCc3ccccc3)ccc2C1=O. The van der Waals surface area contributed by atoms with E-state index in [1.807, 2.05) is 55.5 Å². The van der Waals surface area contributed by atoms with Crippen LogP contribution < -0.4 is 4.74 Å². The number of ketones is 1. The van der Waals surface area contributed by atoms with Crippen molar-refractivity contribution in [1.82, 2.24) is 0 Å². The van der Waals surface area contributed by atoms with Crippen molar-refractivity contribution in [3.05, 3.63) is 65.2 Å². The van der Waals surface area contributed by atoms with Gasteiger partial charge in [-0.2, -0.15) is 0 Å². The first kappa shape index (κ1) is 17.3. The lowest BCUT2D eigenvalue weighted by Gasteiger charge is -2.41. The molecule has 0 N–H and O–H groups in total. The van der Waals surface area contributed by atoms with Gasteiger partial charge in [-0.3, -0.25) is 4.79 Å². The molecule has 0 amide bonds. The summed E-state index contributed by atoms with van der Waals surface area (Å²) < 4.78 is 12.1. The minimum Gasteiger partial charge on any atom is -0.489 e. The summed E-state index contributed by atoms with van der Waals surface area (Å²) in [6, 6.07) is 15.9. The summed E-state index contributed by atoms with van der Waals surface area (Å²) in [5.41, 5.74) is 2.20. The zero-order valence-electron chi connectivity index (χ0n) is 15.4. The third-order valence-electron chi connectivity index (χ3n) is 5.93. The van der Waals surface area contributed by atoms with Crippen molar-refractivity contribution in [1.29, 1.82) is 0 Å². The highest BCUT2D eigenvalue weighted by Gasteiger charge is 2.46. The lowest BCUT2D eigenvalue weighted by molar-refractivity contribution is -0.0732. The normalized spacial score (nSPS) is 23.5. The van der Waals surface area contributed by atoms with Crippen LogP contribution in [0.25, 0.3) is 0 Å². The molecule has 0 bridgehead atoms. The molecule has 0 aromatic heterocycles. The number of hydrogen-bond donors (Lipinski definition) is 0. The van der Waals surface area contributed by atoms with E-state index in [1.54, 1.807) is 0 Å². The molecular formula is C23H26O3. The molecule has 1 aliphatic carbocycles. The van der Waals surface area contributed by atoms with Crippen molar-refractivity contribution in [2.75, 3.05) is 0 Å². The molecule has 0 saturated heterocycles. The fourth-order valence-corrected chi connectivity index (χ4v) is 4.26. The van der Waals surface area contributed by atoms with E-state index < -0.39 is 5.60 Å². The van der Waals surface area contributed by atoms with Gasteiger partial charge in [0, 0.05) is 5.56 Å². The molecule has 136 valence electrons. The number of hydrogen-bond acceptors (Lipinski definition) is 3. The number of ether oxygens (including phenoxy) is 2. The minimum atomic E-state index is -0.667. The van der Waals surface area contributed by atoms with Crippen molar-refractivity contribution >= 4 is 5.78 Å². The molecular weight excluding hydrogens is 324 g/mol. The maximum Gasteiger partial charge on any atom is 0.194 e. The van der Waals surface area contributed by atoms with Crippen LogP contribution >= 0.6 is 0 Å². The molecule has 1 fully saturated rings. The molecule has 1 heterocycles. The van der Waals surface area contributed by atoms with Gasteiger partial charge in [-0.1, -0.05) is 49.6 Å². The first-order valence-corrected chi connectivity index (χ1v) is 9.65. The van der Waals surface area contributed by atoms with Crippen LogP contribution in [0.4, 0.5) is 0 Å². The van der Waals surface area contributed by atoms with Gasteiger partial charge in [-0.05, 0) is 55.0 Å². The van der Waals surface area contributed by atoms with E-state index >= 15 is 0 Å². The Balaban J connectivity index is 1.50. The van der Waals surface area contributed by atoms with Crippen LogP contribution in [0.5, 0.6) is 5.75 Å². The van der Waals surface area contributed by atoms with Crippen molar-refractivity contribution in [3.8, 4) is 5.75 Å². The van der Waals surface area contributed by atoms with Crippen LogP contribution in [0.1, 0.15) is 60.5 Å². The van der Waals surface area contributed by atoms with Gasteiger partial charge in [-0.15, -0.1) is 0 Å². The lowest BCUT2D eigenvalue weighted by atomic mass is 9.72. The van der Waals surface area contributed by atoms with E-state index in [0.29, 0.717) is 19.1 Å². The Kier molecular flexibility index (Phi) is 4.82.